The summed E-state index contributed by atoms with van der Waals surface area (Å²) in [5.74, 6) is -0.275. The first kappa shape index (κ1) is 22.7. The van der Waals surface area contributed by atoms with E-state index in [1.54, 1.807) is 19.2 Å². The van der Waals surface area contributed by atoms with Gasteiger partial charge in [0.05, 0.1) is 17.9 Å². The summed E-state index contributed by atoms with van der Waals surface area (Å²) >= 11 is 0. The molecule has 1 amide bonds. The van der Waals surface area contributed by atoms with Gasteiger partial charge in [0, 0.05) is 30.3 Å². The number of carbonyl (C=O) groups excluding carboxylic acids is 2. The Bertz CT molecular complexity index is 1350. The first-order chi connectivity index (χ1) is 17.1. The molecule has 0 unspecified atom stereocenters. The van der Waals surface area contributed by atoms with Gasteiger partial charge in [0.1, 0.15) is 6.61 Å². The number of ether oxygens (including phenoxy) is 2. The zero-order valence-corrected chi connectivity index (χ0v) is 19.4. The predicted molar refractivity (Wildman–Crippen MR) is 134 cm³/mol. The lowest BCUT2D eigenvalue weighted by atomic mass is 10.1. The lowest BCUT2D eigenvalue weighted by Gasteiger charge is -2.08. The Labute approximate surface area is 203 Å². The summed E-state index contributed by atoms with van der Waals surface area (Å²) in [7, 11) is 1.64. The minimum absolute atomic E-state index is 0.00636. The maximum atomic E-state index is 12.8. The highest BCUT2D eigenvalue weighted by atomic mass is 16.5. The van der Waals surface area contributed by atoms with E-state index in [1.807, 2.05) is 72.9 Å². The van der Waals surface area contributed by atoms with Crippen molar-refractivity contribution in [2.24, 2.45) is 5.92 Å². The summed E-state index contributed by atoms with van der Waals surface area (Å²) in [4.78, 5) is 29.6. The Kier molecular flexibility index (Phi) is 6.55. The molecule has 1 aliphatic rings. The minimum atomic E-state index is -0.356. The first-order valence-corrected chi connectivity index (χ1v) is 11.6. The van der Waals surface area contributed by atoms with Gasteiger partial charge in [-0.25, -0.2) is 4.79 Å². The van der Waals surface area contributed by atoms with Crippen molar-refractivity contribution < 1.29 is 19.1 Å². The number of fused-ring (bicyclic) bond motifs is 1. The molecule has 6 heteroatoms. The summed E-state index contributed by atoms with van der Waals surface area (Å²) in [6.45, 7) is 0.686. The van der Waals surface area contributed by atoms with Gasteiger partial charge >= 0.3 is 5.97 Å². The van der Waals surface area contributed by atoms with Gasteiger partial charge in [-0.15, -0.1) is 0 Å². The van der Waals surface area contributed by atoms with E-state index in [0.29, 0.717) is 12.2 Å². The molecule has 4 aromatic rings. The first-order valence-electron chi connectivity index (χ1n) is 11.6. The molecule has 0 aliphatic heterocycles. The van der Waals surface area contributed by atoms with Crippen LogP contribution < -0.4 is 5.32 Å². The number of carbonyl (C=O) groups is 2. The number of anilines is 1. The Morgan fingerprint density at radius 3 is 2.51 bits per heavy atom. The van der Waals surface area contributed by atoms with Crippen LogP contribution in [-0.2, 0) is 27.5 Å². The van der Waals surface area contributed by atoms with Crippen LogP contribution in [0.1, 0.15) is 39.5 Å². The van der Waals surface area contributed by atoms with Gasteiger partial charge in [-0.2, -0.15) is 0 Å². The Morgan fingerprint density at radius 2 is 1.74 bits per heavy atom. The summed E-state index contributed by atoms with van der Waals surface area (Å²) in [5, 5.41) is 5.06. The number of aromatic nitrogens is 1. The molecule has 0 saturated heterocycles. The third-order valence-electron chi connectivity index (χ3n) is 6.25. The van der Waals surface area contributed by atoms with Crippen LogP contribution in [0, 0.1) is 5.92 Å². The van der Waals surface area contributed by atoms with Gasteiger partial charge in [-0.05, 0) is 59.2 Å². The lowest BCUT2D eigenvalue weighted by molar-refractivity contribution is -0.117. The zero-order valence-electron chi connectivity index (χ0n) is 19.4. The molecule has 1 heterocycles. The van der Waals surface area contributed by atoms with Gasteiger partial charge < -0.3 is 14.8 Å². The average Bonchev–Trinajstić information content (AvgIpc) is 3.69. The second-order valence-electron chi connectivity index (χ2n) is 8.79. The van der Waals surface area contributed by atoms with Crippen molar-refractivity contribution in [3.63, 3.8) is 0 Å². The number of esters is 1. The summed E-state index contributed by atoms with van der Waals surface area (Å²) in [6.07, 6.45) is 2.60. The summed E-state index contributed by atoms with van der Waals surface area (Å²) in [6, 6.07) is 24.7. The van der Waals surface area contributed by atoms with Crippen molar-refractivity contribution in [3.8, 4) is 0 Å². The predicted octanol–water partition coefficient (Wildman–Crippen LogP) is 5.48. The van der Waals surface area contributed by atoms with Crippen molar-refractivity contribution in [2.45, 2.75) is 25.6 Å². The fraction of sp³-hybridized carbons (Fsp3) is 0.207. The molecule has 5 rings (SSSR count). The molecule has 1 saturated carbocycles. The van der Waals surface area contributed by atoms with Crippen molar-refractivity contribution in [1.29, 1.82) is 0 Å². The zero-order chi connectivity index (χ0) is 24.2. The van der Waals surface area contributed by atoms with Crippen LogP contribution >= 0.6 is 0 Å². The molecule has 6 nitrogen and oxygen atoms in total. The van der Waals surface area contributed by atoms with Crippen LogP contribution in [0.2, 0.25) is 0 Å². The molecule has 1 aromatic heterocycles. The fourth-order valence-corrected chi connectivity index (χ4v) is 4.25. The molecule has 0 radical (unpaired) electrons. The smallest absolute Gasteiger partial charge is 0.338 e. The number of hydrogen-bond donors (Lipinski definition) is 1. The van der Waals surface area contributed by atoms with Crippen LogP contribution in [0.4, 0.5) is 5.69 Å². The molecule has 1 fully saturated rings. The number of rotatable bonds is 8. The standard InChI is InChI=1S/C29H26N2O4/c1-34-18-25-14-23-13-24(12-11-22(23)16-30-25)31-28(32)27-15-26(27)20-7-9-21(10-8-20)29(33)35-17-19-5-3-2-4-6-19/h2-14,16,26-27H,15,17-18H2,1H3,(H,31,32)/t26-,27+/m0/s1. The van der Waals surface area contributed by atoms with E-state index in [2.05, 4.69) is 10.3 Å². The Hall–Kier alpha value is -4.03. The molecular formula is C29H26N2O4. The van der Waals surface area contributed by atoms with Gasteiger partial charge in [0.25, 0.3) is 0 Å². The van der Waals surface area contributed by atoms with E-state index in [1.165, 1.54) is 0 Å². The van der Waals surface area contributed by atoms with Crippen molar-refractivity contribution in [3.05, 3.63) is 107 Å². The number of methoxy groups -OCH3 is 1. The molecule has 3 aromatic carbocycles. The molecule has 1 N–H and O–H groups in total. The van der Waals surface area contributed by atoms with E-state index in [4.69, 9.17) is 9.47 Å². The largest absolute Gasteiger partial charge is 0.457 e. The topological polar surface area (TPSA) is 77.5 Å². The summed E-state index contributed by atoms with van der Waals surface area (Å²) < 4.78 is 10.6. The third-order valence-corrected chi connectivity index (χ3v) is 6.25. The van der Waals surface area contributed by atoms with Gasteiger partial charge in [-0.3, -0.25) is 9.78 Å². The fourth-order valence-electron chi connectivity index (χ4n) is 4.25. The number of hydrogen-bond acceptors (Lipinski definition) is 5. The van der Waals surface area contributed by atoms with E-state index < -0.39 is 0 Å². The normalized spacial score (nSPS) is 16.6. The minimum Gasteiger partial charge on any atom is -0.457 e. The molecule has 35 heavy (non-hydrogen) atoms. The summed E-state index contributed by atoms with van der Waals surface area (Å²) in [5.41, 5.74) is 4.11. The number of benzene rings is 3. The highest BCUT2D eigenvalue weighted by Crippen LogP contribution is 2.48. The van der Waals surface area contributed by atoms with Crippen molar-refractivity contribution in [1.82, 2.24) is 4.98 Å². The quantitative estimate of drug-likeness (QED) is 0.348. The average molecular weight is 467 g/mol. The highest BCUT2D eigenvalue weighted by Gasteiger charge is 2.43. The van der Waals surface area contributed by atoms with Crippen LogP contribution in [0.25, 0.3) is 10.8 Å². The number of pyridine rings is 1. The second kappa shape index (κ2) is 10.1. The maximum absolute atomic E-state index is 12.8. The lowest BCUT2D eigenvalue weighted by Crippen LogP contribution is -2.14. The van der Waals surface area contributed by atoms with Gasteiger partial charge in [0.2, 0.25) is 5.91 Å². The van der Waals surface area contributed by atoms with Crippen LogP contribution in [0.3, 0.4) is 0 Å². The Balaban J connectivity index is 1.17. The van der Waals surface area contributed by atoms with E-state index >= 15 is 0 Å². The maximum Gasteiger partial charge on any atom is 0.338 e. The van der Waals surface area contributed by atoms with Crippen molar-refractivity contribution in [2.75, 3.05) is 12.4 Å². The van der Waals surface area contributed by atoms with E-state index in [0.717, 1.165) is 39.7 Å². The molecular weight excluding hydrogens is 440 g/mol. The second-order valence-corrected chi connectivity index (χ2v) is 8.79. The molecule has 0 bridgehead atoms. The third kappa shape index (κ3) is 5.39. The van der Waals surface area contributed by atoms with E-state index in [-0.39, 0.29) is 30.3 Å². The van der Waals surface area contributed by atoms with Crippen LogP contribution in [0.15, 0.2) is 85.1 Å². The monoisotopic (exact) mass is 466 g/mol. The number of nitrogens with one attached hydrogen (secondary N) is 1. The van der Waals surface area contributed by atoms with Gasteiger partial charge in [-0.1, -0.05) is 48.5 Å². The van der Waals surface area contributed by atoms with Crippen molar-refractivity contribution >= 4 is 28.3 Å². The Morgan fingerprint density at radius 1 is 0.943 bits per heavy atom. The van der Waals surface area contributed by atoms with Gasteiger partial charge in [0.15, 0.2) is 0 Å². The molecule has 1 aliphatic carbocycles. The van der Waals surface area contributed by atoms with E-state index in [9.17, 15) is 9.59 Å². The SMILES string of the molecule is COCc1cc2cc(NC(=O)[C@@H]3C[C@H]3c3ccc(C(=O)OCc4ccccc4)cc3)ccc2cn1. The molecule has 2 atom stereocenters. The number of amides is 1. The highest BCUT2D eigenvalue weighted by molar-refractivity contribution is 5.97. The van der Waals surface area contributed by atoms with Crippen LogP contribution in [-0.4, -0.2) is 24.0 Å². The number of nitrogens with zero attached hydrogens (tertiary/aromatic N) is 1. The molecule has 176 valence electrons. The van der Waals surface area contributed by atoms with Crippen LogP contribution in [0.5, 0.6) is 0 Å². The molecule has 0 spiro atoms.